The van der Waals surface area contributed by atoms with Gasteiger partial charge in [-0.2, -0.15) is 0 Å². The Morgan fingerprint density at radius 1 is 1.03 bits per heavy atom. The SMILES string of the molecule is CNCCNC1CCN(c2cc(-c3cnnn3-c3cc(OC)c(OC)c(OC)c3)ccc2OC)[C@@H]1C(=O)O. The molecule has 0 saturated carbocycles. The van der Waals surface area contributed by atoms with Gasteiger partial charge < -0.3 is 39.6 Å². The first-order valence-electron chi connectivity index (χ1n) is 12.2. The molecule has 3 aromatic rings. The molecule has 3 N–H and O–H groups in total. The molecular weight excluding hydrogens is 492 g/mol. The van der Waals surface area contributed by atoms with E-state index >= 15 is 0 Å². The lowest BCUT2D eigenvalue weighted by Crippen LogP contribution is -2.49. The molecule has 0 amide bonds. The minimum atomic E-state index is -0.888. The van der Waals surface area contributed by atoms with Crippen LogP contribution in [0, 0.1) is 0 Å². The molecule has 0 bridgehead atoms. The molecule has 1 unspecified atom stereocenters. The number of carboxylic acids is 1. The number of carboxylic acid groups (broad SMARTS) is 1. The van der Waals surface area contributed by atoms with E-state index < -0.39 is 12.0 Å². The monoisotopic (exact) mass is 526 g/mol. The van der Waals surface area contributed by atoms with Crippen molar-refractivity contribution in [3.05, 3.63) is 36.5 Å². The first-order chi connectivity index (χ1) is 18.5. The summed E-state index contributed by atoms with van der Waals surface area (Å²) in [5, 5.41) is 25.0. The Morgan fingerprint density at radius 2 is 1.74 bits per heavy atom. The molecule has 204 valence electrons. The molecule has 2 heterocycles. The van der Waals surface area contributed by atoms with E-state index in [0.717, 1.165) is 12.1 Å². The molecule has 0 aliphatic carbocycles. The van der Waals surface area contributed by atoms with Crippen LogP contribution in [0.5, 0.6) is 23.0 Å². The van der Waals surface area contributed by atoms with E-state index in [1.54, 1.807) is 51.5 Å². The summed E-state index contributed by atoms with van der Waals surface area (Å²) >= 11 is 0. The van der Waals surface area contributed by atoms with Gasteiger partial charge in [0.05, 0.1) is 51.7 Å². The predicted molar refractivity (Wildman–Crippen MR) is 142 cm³/mol. The van der Waals surface area contributed by atoms with Crippen LogP contribution in [-0.2, 0) is 4.79 Å². The number of hydrogen-bond acceptors (Lipinski definition) is 10. The molecule has 12 nitrogen and oxygen atoms in total. The smallest absolute Gasteiger partial charge is 0.327 e. The van der Waals surface area contributed by atoms with E-state index in [4.69, 9.17) is 18.9 Å². The second-order valence-corrected chi connectivity index (χ2v) is 8.73. The van der Waals surface area contributed by atoms with Crippen LogP contribution < -0.4 is 34.5 Å². The topological polar surface area (TPSA) is 132 Å². The zero-order valence-corrected chi connectivity index (χ0v) is 22.2. The van der Waals surface area contributed by atoms with E-state index in [1.807, 2.05) is 30.1 Å². The fourth-order valence-electron chi connectivity index (χ4n) is 4.85. The van der Waals surface area contributed by atoms with Crippen molar-refractivity contribution in [3.63, 3.8) is 0 Å². The van der Waals surface area contributed by atoms with Crippen molar-refractivity contribution in [3.8, 4) is 39.9 Å². The number of aromatic nitrogens is 3. The van der Waals surface area contributed by atoms with Crippen molar-refractivity contribution >= 4 is 11.7 Å². The number of rotatable bonds is 12. The van der Waals surface area contributed by atoms with Crippen molar-refractivity contribution in [2.75, 3.05) is 60.0 Å². The van der Waals surface area contributed by atoms with E-state index in [1.165, 1.54) is 0 Å². The summed E-state index contributed by atoms with van der Waals surface area (Å²) in [5.74, 6) is 1.14. The highest BCUT2D eigenvalue weighted by molar-refractivity contribution is 5.83. The standard InChI is InChI=1S/C26H34N6O6/c1-27-9-10-28-18-8-11-31(24(18)26(33)34)19-12-16(6-7-21(19)35-2)20-15-29-30-32(20)17-13-22(36-3)25(38-5)23(14-17)37-4/h6-7,12-15,18,24,27-28H,8-11H2,1-5H3,(H,33,34)/t18?,24-/m0/s1. The van der Waals surface area contributed by atoms with Gasteiger partial charge in [-0.3, -0.25) is 0 Å². The Bertz CT molecular complexity index is 1240. The zero-order valence-electron chi connectivity index (χ0n) is 22.2. The van der Waals surface area contributed by atoms with Crippen LogP contribution in [-0.4, -0.2) is 93.3 Å². The Labute approximate surface area is 221 Å². The molecular formula is C26H34N6O6. The number of ether oxygens (including phenoxy) is 4. The van der Waals surface area contributed by atoms with Gasteiger partial charge in [0, 0.05) is 43.4 Å². The molecule has 2 atom stereocenters. The van der Waals surface area contributed by atoms with E-state index in [2.05, 4.69) is 20.9 Å². The van der Waals surface area contributed by atoms with E-state index in [-0.39, 0.29) is 6.04 Å². The minimum absolute atomic E-state index is 0.194. The summed E-state index contributed by atoms with van der Waals surface area (Å²) in [4.78, 5) is 14.2. The number of nitrogens with zero attached hydrogens (tertiary/aromatic N) is 4. The molecule has 2 aromatic carbocycles. The van der Waals surface area contributed by atoms with Crippen molar-refractivity contribution in [1.29, 1.82) is 0 Å². The van der Waals surface area contributed by atoms with Crippen LogP contribution in [0.1, 0.15) is 6.42 Å². The summed E-state index contributed by atoms with van der Waals surface area (Å²) in [6.45, 7) is 1.99. The van der Waals surface area contributed by atoms with Gasteiger partial charge >= 0.3 is 5.97 Å². The number of likely N-dealkylation sites (N-methyl/N-ethyl adjacent to an activating group) is 1. The number of nitrogens with one attached hydrogen (secondary N) is 2. The Hall–Kier alpha value is -4.03. The number of hydrogen-bond donors (Lipinski definition) is 3. The predicted octanol–water partition coefficient (Wildman–Crippen LogP) is 1.81. The minimum Gasteiger partial charge on any atom is -0.495 e. The molecule has 1 aromatic heterocycles. The van der Waals surface area contributed by atoms with Gasteiger partial charge in [0.25, 0.3) is 0 Å². The van der Waals surface area contributed by atoms with E-state index in [0.29, 0.717) is 59.6 Å². The highest BCUT2D eigenvalue weighted by Gasteiger charge is 2.40. The lowest BCUT2D eigenvalue weighted by atomic mass is 10.1. The third kappa shape index (κ3) is 5.18. The molecule has 12 heteroatoms. The van der Waals surface area contributed by atoms with Gasteiger partial charge in [-0.25, -0.2) is 9.48 Å². The van der Waals surface area contributed by atoms with Crippen molar-refractivity contribution in [2.45, 2.75) is 18.5 Å². The van der Waals surface area contributed by atoms with Crippen LogP contribution in [0.2, 0.25) is 0 Å². The molecule has 0 spiro atoms. The average Bonchev–Trinajstić information content (AvgIpc) is 3.60. The number of benzene rings is 2. The Morgan fingerprint density at radius 3 is 2.34 bits per heavy atom. The normalized spacial score (nSPS) is 16.9. The molecule has 1 aliphatic rings. The highest BCUT2D eigenvalue weighted by atomic mass is 16.5. The van der Waals surface area contributed by atoms with Crippen LogP contribution in [0.3, 0.4) is 0 Å². The third-order valence-corrected chi connectivity index (χ3v) is 6.66. The van der Waals surface area contributed by atoms with Gasteiger partial charge in [0.15, 0.2) is 11.5 Å². The molecule has 1 aliphatic heterocycles. The van der Waals surface area contributed by atoms with Crippen LogP contribution >= 0.6 is 0 Å². The molecule has 38 heavy (non-hydrogen) atoms. The van der Waals surface area contributed by atoms with Crippen LogP contribution in [0.15, 0.2) is 36.5 Å². The fraction of sp³-hybridized carbons (Fsp3) is 0.423. The summed E-state index contributed by atoms with van der Waals surface area (Å²) in [7, 11) is 8.09. The summed E-state index contributed by atoms with van der Waals surface area (Å²) in [5.41, 5.74) is 2.82. The molecule has 0 radical (unpaired) electrons. The molecule has 4 rings (SSSR count). The largest absolute Gasteiger partial charge is 0.495 e. The van der Waals surface area contributed by atoms with Gasteiger partial charge in [-0.05, 0) is 31.7 Å². The van der Waals surface area contributed by atoms with Gasteiger partial charge in [0.2, 0.25) is 5.75 Å². The lowest BCUT2D eigenvalue weighted by molar-refractivity contribution is -0.138. The zero-order chi connectivity index (χ0) is 27.2. The van der Waals surface area contributed by atoms with Gasteiger partial charge in [-0.15, -0.1) is 5.10 Å². The Balaban J connectivity index is 1.74. The number of methoxy groups -OCH3 is 4. The molecule has 1 fully saturated rings. The van der Waals surface area contributed by atoms with Crippen LogP contribution in [0.25, 0.3) is 16.9 Å². The van der Waals surface area contributed by atoms with Gasteiger partial charge in [-0.1, -0.05) is 5.21 Å². The second-order valence-electron chi connectivity index (χ2n) is 8.73. The summed E-state index contributed by atoms with van der Waals surface area (Å²) in [6.07, 6.45) is 2.34. The van der Waals surface area contributed by atoms with Crippen molar-refractivity contribution in [1.82, 2.24) is 25.6 Å². The Kier molecular flexibility index (Phi) is 8.54. The lowest BCUT2D eigenvalue weighted by Gasteiger charge is -2.28. The summed E-state index contributed by atoms with van der Waals surface area (Å²) in [6, 6.07) is 8.27. The third-order valence-electron chi connectivity index (χ3n) is 6.66. The highest BCUT2D eigenvalue weighted by Crippen LogP contribution is 2.41. The molecule has 1 saturated heterocycles. The summed E-state index contributed by atoms with van der Waals surface area (Å²) < 4.78 is 23.8. The second kappa shape index (κ2) is 12.0. The first kappa shape index (κ1) is 27.0. The van der Waals surface area contributed by atoms with E-state index in [9.17, 15) is 9.90 Å². The number of carbonyl (C=O) groups is 1. The number of anilines is 1. The maximum Gasteiger partial charge on any atom is 0.327 e. The van der Waals surface area contributed by atoms with Crippen molar-refractivity contribution in [2.24, 2.45) is 0 Å². The first-order valence-corrected chi connectivity index (χ1v) is 12.2. The number of aliphatic carboxylic acids is 1. The van der Waals surface area contributed by atoms with Gasteiger partial charge in [0.1, 0.15) is 11.8 Å². The maximum absolute atomic E-state index is 12.4. The van der Waals surface area contributed by atoms with Crippen molar-refractivity contribution < 1.29 is 28.8 Å². The fourth-order valence-corrected chi connectivity index (χ4v) is 4.85. The average molecular weight is 527 g/mol. The maximum atomic E-state index is 12.4. The van der Waals surface area contributed by atoms with Crippen LogP contribution in [0.4, 0.5) is 5.69 Å². The quantitative estimate of drug-likeness (QED) is 0.299.